The van der Waals surface area contributed by atoms with Crippen LogP contribution in [0.5, 0.6) is 5.75 Å². The molecular formula is C13H16N2O2. The smallest absolute Gasteiger partial charge is 0.264 e. The van der Waals surface area contributed by atoms with Crippen LogP contribution in [-0.2, 0) is 19.4 Å². The van der Waals surface area contributed by atoms with Gasteiger partial charge in [-0.05, 0) is 18.1 Å². The molecule has 0 amide bonds. The number of aryl methyl sites for hydroxylation is 2. The quantitative estimate of drug-likeness (QED) is 0.795. The lowest BCUT2D eigenvalue weighted by molar-refractivity contribution is 0.241. The Balaban J connectivity index is 2.01. The highest BCUT2D eigenvalue weighted by atomic mass is 16.5. The average Bonchev–Trinajstić information content (AvgIpc) is 2.84. The molecule has 4 nitrogen and oxygen atoms in total. The lowest BCUT2D eigenvalue weighted by Gasteiger charge is -2.07. The van der Waals surface area contributed by atoms with E-state index in [1.807, 2.05) is 25.1 Å². The van der Waals surface area contributed by atoms with Crippen molar-refractivity contribution in [3.05, 3.63) is 41.5 Å². The Morgan fingerprint density at radius 1 is 1.18 bits per heavy atom. The molecule has 0 aliphatic carbocycles. The molecule has 0 bridgehead atoms. The molecule has 0 N–H and O–H groups in total. The summed E-state index contributed by atoms with van der Waals surface area (Å²) in [5, 5.41) is 3.82. The zero-order valence-electron chi connectivity index (χ0n) is 10.1. The Morgan fingerprint density at radius 3 is 2.71 bits per heavy atom. The first-order chi connectivity index (χ1) is 8.33. The zero-order valence-corrected chi connectivity index (χ0v) is 10.1. The van der Waals surface area contributed by atoms with E-state index in [-0.39, 0.29) is 0 Å². The second-order valence-electron chi connectivity index (χ2n) is 3.71. The van der Waals surface area contributed by atoms with Gasteiger partial charge in [0.15, 0.2) is 12.4 Å². The second kappa shape index (κ2) is 5.48. The molecule has 0 saturated carbocycles. The highest BCUT2D eigenvalue weighted by molar-refractivity contribution is 5.33. The van der Waals surface area contributed by atoms with Gasteiger partial charge in [0.05, 0.1) is 0 Å². The minimum Gasteiger partial charge on any atom is -0.483 e. The normalized spacial score (nSPS) is 10.5. The summed E-state index contributed by atoms with van der Waals surface area (Å²) in [6.45, 7) is 4.41. The summed E-state index contributed by atoms with van der Waals surface area (Å²) in [4.78, 5) is 4.20. The summed E-state index contributed by atoms with van der Waals surface area (Å²) in [7, 11) is 0. The Labute approximate surface area is 101 Å². The van der Waals surface area contributed by atoms with E-state index in [1.54, 1.807) is 0 Å². The maximum atomic E-state index is 5.68. The van der Waals surface area contributed by atoms with Crippen LogP contribution < -0.4 is 4.74 Å². The number of hydrogen-bond acceptors (Lipinski definition) is 4. The summed E-state index contributed by atoms with van der Waals surface area (Å²) >= 11 is 0. The Kier molecular flexibility index (Phi) is 3.75. The van der Waals surface area contributed by atoms with Gasteiger partial charge in [-0.2, -0.15) is 4.98 Å². The van der Waals surface area contributed by atoms with Gasteiger partial charge in [-0.15, -0.1) is 0 Å². The molecule has 0 atom stereocenters. The van der Waals surface area contributed by atoms with Crippen molar-refractivity contribution in [3.63, 3.8) is 0 Å². The molecule has 0 aliphatic rings. The van der Waals surface area contributed by atoms with Gasteiger partial charge in [-0.3, -0.25) is 0 Å². The van der Waals surface area contributed by atoms with Crippen molar-refractivity contribution in [2.45, 2.75) is 33.3 Å². The third kappa shape index (κ3) is 2.84. The lowest BCUT2D eigenvalue weighted by Crippen LogP contribution is -1.98. The van der Waals surface area contributed by atoms with Gasteiger partial charge >= 0.3 is 0 Å². The van der Waals surface area contributed by atoms with E-state index in [2.05, 4.69) is 23.1 Å². The number of ether oxygens (including phenoxy) is 1. The SMILES string of the molecule is CCc1noc(COc2ccccc2CC)n1. The van der Waals surface area contributed by atoms with Crippen LogP contribution in [-0.4, -0.2) is 10.1 Å². The first kappa shape index (κ1) is 11.6. The average molecular weight is 232 g/mol. The molecule has 0 saturated heterocycles. The van der Waals surface area contributed by atoms with E-state index in [0.29, 0.717) is 18.3 Å². The molecular weight excluding hydrogens is 216 g/mol. The highest BCUT2D eigenvalue weighted by Gasteiger charge is 2.06. The third-order valence-corrected chi connectivity index (χ3v) is 2.53. The van der Waals surface area contributed by atoms with Gasteiger partial charge in [0.25, 0.3) is 5.89 Å². The van der Waals surface area contributed by atoms with E-state index in [4.69, 9.17) is 9.26 Å². The van der Waals surface area contributed by atoms with Gasteiger partial charge in [0, 0.05) is 6.42 Å². The van der Waals surface area contributed by atoms with Gasteiger partial charge in [-0.1, -0.05) is 37.2 Å². The molecule has 4 heteroatoms. The minimum atomic E-state index is 0.323. The predicted octanol–water partition coefficient (Wildman–Crippen LogP) is 2.77. The van der Waals surface area contributed by atoms with E-state index in [1.165, 1.54) is 5.56 Å². The molecule has 2 rings (SSSR count). The molecule has 1 aromatic heterocycles. The number of aromatic nitrogens is 2. The highest BCUT2D eigenvalue weighted by Crippen LogP contribution is 2.19. The molecule has 0 fully saturated rings. The minimum absolute atomic E-state index is 0.323. The molecule has 0 radical (unpaired) electrons. The Bertz CT molecular complexity index is 480. The summed E-state index contributed by atoms with van der Waals surface area (Å²) < 4.78 is 10.7. The predicted molar refractivity (Wildman–Crippen MR) is 63.8 cm³/mol. The fourth-order valence-corrected chi connectivity index (χ4v) is 1.57. The summed E-state index contributed by atoms with van der Waals surface area (Å²) in [5.74, 6) is 2.12. The van der Waals surface area contributed by atoms with Crippen LogP contribution in [0.25, 0.3) is 0 Å². The lowest BCUT2D eigenvalue weighted by atomic mass is 10.1. The van der Waals surface area contributed by atoms with Crippen molar-refractivity contribution in [1.29, 1.82) is 0 Å². The first-order valence-electron chi connectivity index (χ1n) is 5.85. The Hall–Kier alpha value is -1.84. The number of rotatable bonds is 5. The number of nitrogens with zero attached hydrogens (tertiary/aromatic N) is 2. The van der Waals surface area contributed by atoms with Gasteiger partial charge in [-0.25, -0.2) is 0 Å². The van der Waals surface area contributed by atoms with E-state index in [0.717, 1.165) is 18.6 Å². The van der Waals surface area contributed by atoms with Crippen LogP contribution >= 0.6 is 0 Å². The number of benzene rings is 1. The fourth-order valence-electron chi connectivity index (χ4n) is 1.57. The molecule has 2 aromatic rings. The van der Waals surface area contributed by atoms with Crippen LogP contribution in [0.15, 0.2) is 28.8 Å². The molecule has 0 spiro atoms. The standard InChI is InChI=1S/C13H16N2O2/c1-3-10-7-5-6-8-11(10)16-9-13-14-12(4-2)15-17-13/h5-8H,3-4,9H2,1-2H3. The van der Waals surface area contributed by atoms with Crippen molar-refractivity contribution < 1.29 is 9.26 Å². The van der Waals surface area contributed by atoms with E-state index >= 15 is 0 Å². The second-order valence-corrected chi connectivity index (χ2v) is 3.71. The van der Waals surface area contributed by atoms with Crippen LogP contribution in [0, 0.1) is 0 Å². The molecule has 17 heavy (non-hydrogen) atoms. The third-order valence-electron chi connectivity index (χ3n) is 2.53. The zero-order chi connectivity index (χ0) is 12.1. The van der Waals surface area contributed by atoms with Gasteiger partial charge in [0.1, 0.15) is 5.75 Å². The molecule has 0 aliphatic heterocycles. The molecule has 1 aromatic carbocycles. The van der Waals surface area contributed by atoms with Crippen LogP contribution in [0.3, 0.4) is 0 Å². The number of hydrogen-bond donors (Lipinski definition) is 0. The summed E-state index contributed by atoms with van der Waals surface area (Å²) in [5.41, 5.74) is 1.18. The molecule has 1 heterocycles. The summed E-state index contributed by atoms with van der Waals surface area (Å²) in [6.07, 6.45) is 1.72. The molecule has 0 unspecified atom stereocenters. The maximum Gasteiger partial charge on any atom is 0.264 e. The van der Waals surface area contributed by atoms with Crippen LogP contribution in [0.1, 0.15) is 31.1 Å². The van der Waals surface area contributed by atoms with Gasteiger partial charge in [0.2, 0.25) is 0 Å². The van der Waals surface area contributed by atoms with Gasteiger partial charge < -0.3 is 9.26 Å². The fraction of sp³-hybridized carbons (Fsp3) is 0.385. The van der Waals surface area contributed by atoms with Crippen molar-refractivity contribution in [2.24, 2.45) is 0 Å². The van der Waals surface area contributed by atoms with Crippen molar-refractivity contribution in [2.75, 3.05) is 0 Å². The topological polar surface area (TPSA) is 48.2 Å². The maximum absolute atomic E-state index is 5.68. The Morgan fingerprint density at radius 2 is 2.00 bits per heavy atom. The van der Waals surface area contributed by atoms with Crippen LogP contribution in [0.4, 0.5) is 0 Å². The number of para-hydroxylation sites is 1. The van der Waals surface area contributed by atoms with Crippen molar-refractivity contribution in [3.8, 4) is 5.75 Å². The first-order valence-corrected chi connectivity index (χ1v) is 5.85. The van der Waals surface area contributed by atoms with Crippen molar-refractivity contribution in [1.82, 2.24) is 10.1 Å². The monoisotopic (exact) mass is 232 g/mol. The van der Waals surface area contributed by atoms with E-state index in [9.17, 15) is 0 Å². The van der Waals surface area contributed by atoms with E-state index < -0.39 is 0 Å². The summed E-state index contributed by atoms with van der Waals surface area (Å²) in [6, 6.07) is 7.98. The van der Waals surface area contributed by atoms with Crippen molar-refractivity contribution >= 4 is 0 Å². The molecule has 90 valence electrons. The largest absolute Gasteiger partial charge is 0.483 e. The van der Waals surface area contributed by atoms with Crippen LogP contribution in [0.2, 0.25) is 0 Å².